The number of thiophene rings is 1. The summed E-state index contributed by atoms with van der Waals surface area (Å²) in [5.74, 6) is 0.575. The van der Waals surface area contributed by atoms with E-state index in [1.54, 1.807) is 29.8 Å². The van der Waals surface area contributed by atoms with Gasteiger partial charge in [0, 0.05) is 74.0 Å². The fourth-order valence-corrected chi connectivity index (χ4v) is 7.99. The van der Waals surface area contributed by atoms with E-state index in [0.717, 1.165) is 54.3 Å². The average Bonchev–Trinajstić information content (AvgIpc) is 3.89. The molecule has 20 heteroatoms. The molecule has 2 aliphatic heterocycles. The molecular formula is C36H42FN11O6S2. The SMILES string of the molecule is [N-]=[N+]=NC1C[C@@H](C(=O)NCCOCCNc2ncc(CN3CCCC(c4nc(-c5cccs5)cc(=O)[nH]4)C3)cn2)N(C(=O)CCc2ccc(S(=O)(=O)F)cc2)C1. The van der Waals surface area contributed by atoms with E-state index in [1.165, 1.54) is 17.0 Å². The summed E-state index contributed by atoms with van der Waals surface area (Å²) >= 11 is 1.56. The van der Waals surface area contributed by atoms with Crippen LogP contribution in [0.15, 0.2) is 75.0 Å². The van der Waals surface area contributed by atoms with Crippen molar-refractivity contribution < 1.29 is 26.6 Å². The van der Waals surface area contributed by atoms with Gasteiger partial charge >= 0.3 is 10.2 Å². The zero-order chi connectivity index (χ0) is 39.5. The van der Waals surface area contributed by atoms with Crippen LogP contribution in [0.2, 0.25) is 0 Å². The van der Waals surface area contributed by atoms with Gasteiger partial charge in [0.1, 0.15) is 11.9 Å². The Morgan fingerprint density at radius 1 is 1.11 bits per heavy atom. The summed E-state index contributed by atoms with van der Waals surface area (Å²) in [6, 6.07) is 9.20. The number of carbonyl (C=O) groups is 2. The van der Waals surface area contributed by atoms with Crippen molar-refractivity contribution in [3.63, 3.8) is 0 Å². The Hall–Kier alpha value is -5.27. The number of aryl methyl sites for hydroxylation is 1. The molecule has 0 aliphatic carbocycles. The molecule has 2 aliphatic rings. The Labute approximate surface area is 326 Å². The number of hydrogen-bond acceptors (Lipinski definition) is 13. The van der Waals surface area contributed by atoms with E-state index in [9.17, 15) is 26.7 Å². The maximum Gasteiger partial charge on any atom is 0.332 e. The fourth-order valence-electron chi connectivity index (χ4n) is 6.84. The lowest BCUT2D eigenvalue weighted by molar-refractivity contribution is -0.138. The van der Waals surface area contributed by atoms with Gasteiger partial charge in [-0.05, 0) is 66.9 Å². The first-order valence-electron chi connectivity index (χ1n) is 18.2. The molecule has 296 valence electrons. The van der Waals surface area contributed by atoms with Crippen molar-refractivity contribution in [2.45, 2.75) is 61.5 Å². The van der Waals surface area contributed by atoms with Gasteiger partial charge in [0.15, 0.2) is 0 Å². The Morgan fingerprint density at radius 2 is 1.89 bits per heavy atom. The maximum absolute atomic E-state index is 13.2. The van der Waals surface area contributed by atoms with Crippen LogP contribution >= 0.6 is 11.3 Å². The molecule has 17 nitrogen and oxygen atoms in total. The zero-order valence-corrected chi connectivity index (χ0v) is 32.1. The number of likely N-dealkylation sites (tertiary alicyclic amines) is 2. The minimum Gasteiger partial charge on any atom is -0.378 e. The first-order chi connectivity index (χ1) is 27.1. The third kappa shape index (κ3) is 11.2. The first-order valence-corrected chi connectivity index (χ1v) is 20.5. The second kappa shape index (κ2) is 19.1. The number of nitrogens with one attached hydrogen (secondary N) is 3. The Bertz CT molecular complexity index is 2170. The molecule has 2 fully saturated rings. The van der Waals surface area contributed by atoms with Gasteiger partial charge in [-0.15, -0.1) is 15.2 Å². The van der Waals surface area contributed by atoms with E-state index in [0.29, 0.717) is 36.9 Å². The maximum atomic E-state index is 13.2. The molecule has 3 atom stereocenters. The third-order valence-corrected chi connectivity index (χ3v) is 11.3. The van der Waals surface area contributed by atoms with E-state index in [4.69, 9.17) is 15.3 Å². The molecular weight excluding hydrogens is 766 g/mol. The molecule has 1 aromatic carbocycles. The van der Waals surface area contributed by atoms with Gasteiger partial charge in [0.25, 0.3) is 5.56 Å². The number of benzene rings is 1. The highest BCUT2D eigenvalue weighted by atomic mass is 32.3. The topological polar surface area (TPSA) is 228 Å². The predicted molar refractivity (Wildman–Crippen MR) is 206 cm³/mol. The summed E-state index contributed by atoms with van der Waals surface area (Å²) in [7, 11) is -4.82. The number of aromatic amines is 1. The van der Waals surface area contributed by atoms with Crippen LogP contribution in [0.25, 0.3) is 21.0 Å². The average molecular weight is 808 g/mol. The summed E-state index contributed by atoms with van der Waals surface area (Å²) in [5.41, 5.74) is 11.1. The van der Waals surface area contributed by atoms with Crippen LogP contribution in [0, 0.1) is 0 Å². The second-order valence-electron chi connectivity index (χ2n) is 13.6. The lowest BCUT2D eigenvalue weighted by Crippen LogP contribution is -2.46. The number of amides is 2. The largest absolute Gasteiger partial charge is 0.378 e. The predicted octanol–water partition coefficient (Wildman–Crippen LogP) is 3.78. The fraction of sp³-hybridized carbons (Fsp3) is 0.444. The van der Waals surface area contributed by atoms with Gasteiger partial charge in [0.2, 0.25) is 17.8 Å². The van der Waals surface area contributed by atoms with Crippen LogP contribution in [0.3, 0.4) is 0 Å². The second-order valence-corrected chi connectivity index (χ2v) is 15.8. The van der Waals surface area contributed by atoms with E-state index >= 15 is 0 Å². The van der Waals surface area contributed by atoms with Crippen molar-refractivity contribution in [2.75, 3.05) is 51.3 Å². The minimum atomic E-state index is -4.82. The summed E-state index contributed by atoms with van der Waals surface area (Å²) in [6.07, 6.45) is 5.95. The van der Waals surface area contributed by atoms with Crippen molar-refractivity contribution in [3.8, 4) is 10.6 Å². The van der Waals surface area contributed by atoms with Crippen LogP contribution in [-0.4, -0.2) is 108 Å². The summed E-state index contributed by atoms with van der Waals surface area (Å²) in [6.45, 7) is 3.63. The number of ether oxygens (including phenoxy) is 1. The van der Waals surface area contributed by atoms with Crippen molar-refractivity contribution in [1.29, 1.82) is 0 Å². The van der Waals surface area contributed by atoms with E-state index in [-0.39, 0.29) is 56.3 Å². The molecule has 5 heterocycles. The molecule has 4 aromatic rings. The summed E-state index contributed by atoms with van der Waals surface area (Å²) in [4.78, 5) is 62.2. The summed E-state index contributed by atoms with van der Waals surface area (Å²) < 4.78 is 41.0. The normalized spacial score (nSPS) is 18.7. The molecule has 0 spiro atoms. The number of hydrogen-bond donors (Lipinski definition) is 3. The van der Waals surface area contributed by atoms with Gasteiger partial charge in [0.05, 0.1) is 34.7 Å². The number of anilines is 1. The molecule has 2 unspecified atom stereocenters. The van der Waals surface area contributed by atoms with Gasteiger partial charge in [-0.25, -0.2) is 15.0 Å². The molecule has 0 radical (unpaired) electrons. The molecule has 3 N–H and O–H groups in total. The molecule has 56 heavy (non-hydrogen) atoms. The van der Waals surface area contributed by atoms with Gasteiger partial charge in [-0.1, -0.05) is 23.3 Å². The monoisotopic (exact) mass is 807 g/mol. The van der Waals surface area contributed by atoms with Gasteiger partial charge in [-0.2, -0.15) is 8.42 Å². The third-order valence-electron chi connectivity index (χ3n) is 9.56. The van der Waals surface area contributed by atoms with E-state index in [1.807, 2.05) is 17.5 Å². The molecule has 2 saturated heterocycles. The molecule has 0 saturated carbocycles. The minimum absolute atomic E-state index is 0.0179. The number of halogens is 1. The Morgan fingerprint density at radius 3 is 2.62 bits per heavy atom. The highest BCUT2D eigenvalue weighted by molar-refractivity contribution is 7.86. The van der Waals surface area contributed by atoms with Crippen molar-refractivity contribution >= 4 is 39.3 Å². The zero-order valence-electron chi connectivity index (χ0n) is 30.4. The number of H-pyrrole nitrogens is 1. The number of rotatable bonds is 17. The number of nitrogens with zero attached hydrogens (tertiary/aromatic N) is 8. The highest BCUT2D eigenvalue weighted by Gasteiger charge is 2.38. The molecule has 0 bridgehead atoms. The first kappa shape index (κ1) is 40.4. The number of piperidine rings is 1. The van der Waals surface area contributed by atoms with Crippen molar-refractivity contribution in [2.24, 2.45) is 5.11 Å². The lowest BCUT2D eigenvalue weighted by Gasteiger charge is -2.32. The van der Waals surface area contributed by atoms with E-state index < -0.39 is 33.1 Å². The van der Waals surface area contributed by atoms with Gasteiger partial charge < -0.3 is 25.3 Å². The Balaban J connectivity index is 0.887. The molecule has 3 aromatic heterocycles. The van der Waals surface area contributed by atoms with Crippen molar-refractivity contribution in [1.82, 2.24) is 35.1 Å². The summed E-state index contributed by atoms with van der Waals surface area (Å²) in [5, 5.41) is 11.6. The number of carbonyl (C=O) groups excluding carboxylic acids is 2. The van der Waals surface area contributed by atoms with Crippen molar-refractivity contribution in [3.05, 3.63) is 98.0 Å². The lowest BCUT2D eigenvalue weighted by atomic mass is 9.96. The number of aromatic nitrogens is 4. The molecule has 6 rings (SSSR count). The van der Waals surface area contributed by atoms with Gasteiger partial charge in [-0.3, -0.25) is 19.3 Å². The van der Waals surface area contributed by atoms with Crippen LogP contribution in [0.1, 0.15) is 48.6 Å². The highest BCUT2D eigenvalue weighted by Crippen LogP contribution is 2.28. The smallest absolute Gasteiger partial charge is 0.332 e. The van der Waals surface area contributed by atoms with E-state index in [2.05, 4.69) is 40.5 Å². The van der Waals surface area contributed by atoms with Crippen LogP contribution < -0.4 is 16.2 Å². The molecule has 2 amide bonds. The van der Waals surface area contributed by atoms with Crippen LogP contribution in [0.5, 0.6) is 0 Å². The van der Waals surface area contributed by atoms with Crippen LogP contribution in [0.4, 0.5) is 9.83 Å². The van der Waals surface area contributed by atoms with Crippen LogP contribution in [-0.2, 0) is 37.5 Å². The number of azide groups is 1. The Kier molecular flexibility index (Phi) is 13.7. The standard InChI is InChI=1S/C36H42FN11O6S2/c37-56(52,53)28-8-5-24(6-9-28)7-10-33(50)48-23-27(45-46-38)17-30(48)35(51)39-11-14-54-15-12-40-36-41-19-25(20-42-36)21-47-13-1-3-26(22-47)34-43-29(18-32(49)44-34)31-4-2-16-55-31/h2,4-6,8-9,16,18-20,26-27,30H,1,3,7,10-15,17,21-23H2,(H,39,51)(H,40,41,42)(H,43,44,49)/t26?,27?,30-/m0/s1. The quantitative estimate of drug-likeness (QED) is 0.0457.